The van der Waals surface area contributed by atoms with Crippen LogP contribution in [0.25, 0.3) is 10.2 Å². The van der Waals surface area contributed by atoms with Crippen molar-refractivity contribution in [3.8, 4) is 0 Å². The normalized spacial score (nSPS) is 11.2. The molecule has 3 amide bonds. The van der Waals surface area contributed by atoms with Gasteiger partial charge in [-0.25, -0.2) is 9.78 Å². The third-order valence-corrected chi connectivity index (χ3v) is 5.37. The number of nitrogens with one attached hydrogen (secondary N) is 1. The van der Waals surface area contributed by atoms with E-state index < -0.39 is 11.9 Å². The van der Waals surface area contributed by atoms with Crippen molar-refractivity contribution in [2.75, 3.05) is 5.75 Å². The smallest absolute Gasteiger partial charge is 0.318 e. The lowest BCUT2D eigenvalue weighted by Crippen LogP contribution is -2.36. The highest BCUT2D eigenvalue weighted by Crippen LogP contribution is 2.29. The summed E-state index contributed by atoms with van der Waals surface area (Å²) in [4.78, 5) is 41.3. The summed E-state index contributed by atoms with van der Waals surface area (Å²) in [6, 6.07) is -0.995. The Morgan fingerprint density at radius 2 is 2.04 bits per heavy atom. The van der Waals surface area contributed by atoms with Crippen LogP contribution in [0.5, 0.6) is 0 Å². The topological polar surface area (TPSA) is 107 Å². The third kappa shape index (κ3) is 3.56. The molecule has 9 heteroatoms. The lowest BCUT2D eigenvalue weighted by molar-refractivity contribution is -0.117. The van der Waals surface area contributed by atoms with Gasteiger partial charge in [0.2, 0.25) is 5.91 Å². The zero-order valence-electron chi connectivity index (χ0n) is 13.3. The minimum Gasteiger partial charge on any atom is -0.351 e. The fraction of sp³-hybridized carbons (Fsp3) is 0.429. The van der Waals surface area contributed by atoms with E-state index in [9.17, 15) is 14.4 Å². The Labute approximate surface area is 141 Å². The summed E-state index contributed by atoms with van der Waals surface area (Å²) in [6.07, 6.45) is 0. The Morgan fingerprint density at radius 1 is 1.39 bits per heavy atom. The van der Waals surface area contributed by atoms with E-state index in [-0.39, 0.29) is 17.4 Å². The number of rotatable bonds is 4. The molecule has 2 aromatic heterocycles. The monoisotopic (exact) mass is 354 g/mol. The van der Waals surface area contributed by atoms with Crippen molar-refractivity contribution in [1.82, 2.24) is 14.9 Å². The molecule has 0 saturated heterocycles. The zero-order chi connectivity index (χ0) is 17.3. The minimum absolute atomic E-state index is 0.0447. The molecule has 3 N–H and O–H groups in total. The molecule has 2 aromatic rings. The average molecular weight is 354 g/mol. The minimum atomic E-state index is -0.898. The van der Waals surface area contributed by atoms with E-state index in [4.69, 9.17) is 5.73 Å². The molecule has 0 unspecified atom stereocenters. The summed E-state index contributed by atoms with van der Waals surface area (Å²) in [6.45, 7) is 7.64. The zero-order valence-corrected chi connectivity index (χ0v) is 14.9. The van der Waals surface area contributed by atoms with Gasteiger partial charge in [0, 0.05) is 10.9 Å². The summed E-state index contributed by atoms with van der Waals surface area (Å²) in [5.41, 5.74) is 5.75. The predicted octanol–water partition coefficient (Wildman–Crippen LogP) is 1.94. The largest absolute Gasteiger partial charge is 0.351 e. The number of aromatic nitrogens is 2. The number of nitrogens with zero attached hydrogens (tertiary/aromatic N) is 2. The molecule has 0 saturated carbocycles. The molecule has 2 heterocycles. The lowest BCUT2D eigenvalue weighted by atomic mass is 10.2. The maximum Gasteiger partial charge on any atom is 0.318 e. The van der Waals surface area contributed by atoms with E-state index in [1.165, 1.54) is 11.3 Å². The summed E-state index contributed by atoms with van der Waals surface area (Å²) in [5.74, 6) is -0.567. The van der Waals surface area contributed by atoms with Crippen molar-refractivity contribution in [2.24, 2.45) is 5.73 Å². The van der Waals surface area contributed by atoms with Crippen LogP contribution in [-0.4, -0.2) is 27.2 Å². The van der Waals surface area contributed by atoms with E-state index in [2.05, 4.69) is 4.98 Å². The van der Waals surface area contributed by atoms with Crippen LogP contribution >= 0.6 is 23.1 Å². The van der Waals surface area contributed by atoms with Crippen molar-refractivity contribution in [3.63, 3.8) is 0 Å². The van der Waals surface area contributed by atoms with Gasteiger partial charge in [-0.05, 0) is 33.3 Å². The van der Waals surface area contributed by atoms with Crippen LogP contribution in [-0.2, 0) is 4.79 Å². The average Bonchev–Trinajstić information content (AvgIpc) is 2.70. The summed E-state index contributed by atoms with van der Waals surface area (Å²) >= 11 is 2.57. The third-order valence-electron chi connectivity index (χ3n) is 3.31. The highest BCUT2D eigenvalue weighted by Gasteiger charge is 2.19. The number of hydrogen-bond acceptors (Lipinski definition) is 6. The molecule has 23 heavy (non-hydrogen) atoms. The van der Waals surface area contributed by atoms with Crippen molar-refractivity contribution in [1.29, 1.82) is 0 Å². The molecule has 0 aliphatic rings. The molecule has 0 radical (unpaired) electrons. The molecular formula is C14H18N4O3S2. The Hall–Kier alpha value is -1.87. The second kappa shape index (κ2) is 6.71. The standard InChI is InChI=1S/C14H18N4O3S2/c1-6(2)18-12(20)10-7(3)8(4)23-11(10)17-14(18)22-5-9(19)16-13(15)21/h6H,5H2,1-4H3,(H3,15,16,19,21). The number of urea groups is 1. The second-order valence-electron chi connectivity index (χ2n) is 5.33. The summed E-state index contributed by atoms with van der Waals surface area (Å²) < 4.78 is 1.57. The Balaban J connectivity index is 2.46. The highest BCUT2D eigenvalue weighted by molar-refractivity contribution is 7.99. The van der Waals surface area contributed by atoms with Crippen molar-refractivity contribution in [3.05, 3.63) is 20.8 Å². The van der Waals surface area contributed by atoms with Crippen molar-refractivity contribution in [2.45, 2.75) is 38.9 Å². The molecule has 7 nitrogen and oxygen atoms in total. The predicted molar refractivity (Wildman–Crippen MR) is 92.2 cm³/mol. The van der Waals surface area contributed by atoms with Crippen LogP contribution in [0.2, 0.25) is 0 Å². The van der Waals surface area contributed by atoms with Gasteiger partial charge in [0.1, 0.15) is 4.83 Å². The summed E-state index contributed by atoms with van der Waals surface area (Å²) in [7, 11) is 0. The number of nitrogens with two attached hydrogens (primary N) is 1. The van der Waals surface area contributed by atoms with Crippen LogP contribution in [0.4, 0.5) is 4.79 Å². The number of aryl methyl sites for hydroxylation is 2. The van der Waals surface area contributed by atoms with Gasteiger partial charge < -0.3 is 5.73 Å². The van der Waals surface area contributed by atoms with Crippen molar-refractivity contribution >= 4 is 45.3 Å². The molecule has 0 aliphatic heterocycles. The molecular weight excluding hydrogens is 336 g/mol. The fourth-order valence-corrected chi connectivity index (χ4v) is 4.15. The highest BCUT2D eigenvalue weighted by atomic mass is 32.2. The first-order valence-corrected chi connectivity index (χ1v) is 8.77. The first-order valence-electron chi connectivity index (χ1n) is 6.96. The van der Waals surface area contributed by atoms with Crippen molar-refractivity contribution < 1.29 is 9.59 Å². The van der Waals surface area contributed by atoms with Gasteiger partial charge in [-0.1, -0.05) is 11.8 Å². The molecule has 0 fully saturated rings. The molecule has 0 spiro atoms. The number of hydrogen-bond donors (Lipinski definition) is 2. The number of fused-ring (bicyclic) bond motifs is 1. The van der Waals surface area contributed by atoms with Crippen LogP contribution in [0.15, 0.2) is 9.95 Å². The maximum absolute atomic E-state index is 12.8. The van der Waals surface area contributed by atoms with E-state index in [1.54, 1.807) is 4.57 Å². The molecule has 0 aliphatic carbocycles. The van der Waals surface area contributed by atoms with Crippen LogP contribution in [0, 0.1) is 13.8 Å². The van der Waals surface area contributed by atoms with Gasteiger partial charge in [-0.15, -0.1) is 11.3 Å². The van der Waals surface area contributed by atoms with Gasteiger partial charge in [-0.3, -0.25) is 19.5 Å². The van der Waals surface area contributed by atoms with E-state index >= 15 is 0 Å². The van der Waals surface area contributed by atoms with Gasteiger partial charge in [0.25, 0.3) is 5.56 Å². The van der Waals surface area contributed by atoms with E-state index in [0.29, 0.717) is 15.4 Å². The Kier molecular flexibility index (Phi) is 5.10. The SMILES string of the molecule is Cc1sc2nc(SCC(=O)NC(N)=O)n(C(C)C)c(=O)c2c1C. The molecule has 0 aromatic carbocycles. The number of amides is 3. The Morgan fingerprint density at radius 3 is 2.61 bits per heavy atom. The molecule has 0 atom stereocenters. The Bertz CT molecular complexity index is 839. The lowest BCUT2D eigenvalue weighted by Gasteiger charge is -2.15. The van der Waals surface area contributed by atoms with E-state index in [1.807, 2.05) is 33.0 Å². The number of carbonyl (C=O) groups is 2. The van der Waals surface area contributed by atoms with Gasteiger partial charge in [-0.2, -0.15) is 0 Å². The van der Waals surface area contributed by atoms with Crippen LogP contribution < -0.4 is 16.6 Å². The van der Waals surface area contributed by atoms with Gasteiger partial charge in [0.15, 0.2) is 5.16 Å². The van der Waals surface area contributed by atoms with Gasteiger partial charge in [0.05, 0.1) is 11.1 Å². The number of thiophene rings is 1. The number of imide groups is 1. The summed E-state index contributed by atoms with van der Waals surface area (Å²) in [5, 5.41) is 3.08. The van der Waals surface area contributed by atoms with Crippen LogP contribution in [0.3, 0.4) is 0 Å². The first-order chi connectivity index (χ1) is 10.7. The first kappa shape index (κ1) is 17.5. The number of thioether (sulfide) groups is 1. The molecule has 2 rings (SSSR count). The molecule has 0 bridgehead atoms. The number of primary amides is 1. The maximum atomic E-state index is 12.8. The fourth-order valence-electron chi connectivity index (χ4n) is 2.15. The molecule has 124 valence electrons. The van der Waals surface area contributed by atoms with Gasteiger partial charge >= 0.3 is 6.03 Å². The van der Waals surface area contributed by atoms with Crippen LogP contribution in [0.1, 0.15) is 30.3 Å². The number of carbonyl (C=O) groups excluding carboxylic acids is 2. The van der Waals surface area contributed by atoms with E-state index in [0.717, 1.165) is 22.2 Å². The second-order valence-corrected chi connectivity index (χ2v) is 7.47. The quantitative estimate of drug-likeness (QED) is 0.644.